The van der Waals surface area contributed by atoms with Crippen molar-refractivity contribution in [2.75, 3.05) is 26.0 Å². The van der Waals surface area contributed by atoms with Gasteiger partial charge in [-0.3, -0.25) is 0 Å². The molecule has 3 atom stereocenters. The largest absolute Gasteiger partial charge is 0.396 e. The van der Waals surface area contributed by atoms with Gasteiger partial charge >= 0.3 is 0 Å². The van der Waals surface area contributed by atoms with Crippen molar-refractivity contribution in [1.82, 2.24) is 9.03 Å². The van der Waals surface area contributed by atoms with Gasteiger partial charge in [-0.05, 0) is 44.3 Å². The van der Waals surface area contributed by atoms with Gasteiger partial charge in [0.25, 0.3) is 10.2 Å². The molecule has 2 N–H and O–H groups in total. The van der Waals surface area contributed by atoms with Crippen molar-refractivity contribution in [3.05, 3.63) is 0 Å². The van der Waals surface area contributed by atoms with Crippen molar-refractivity contribution in [2.24, 2.45) is 5.92 Å². The van der Waals surface area contributed by atoms with Crippen LogP contribution >= 0.6 is 11.8 Å². The number of aliphatic hydroxyl groups is 1. The van der Waals surface area contributed by atoms with Crippen molar-refractivity contribution in [3.63, 3.8) is 0 Å². The van der Waals surface area contributed by atoms with E-state index < -0.39 is 10.2 Å². The Morgan fingerprint density at radius 3 is 2.79 bits per heavy atom. The molecule has 0 bridgehead atoms. The second kappa shape index (κ2) is 6.76. The Balaban J connectivity index is 1.91. The van der Waals surface area contributed by atoms with Gasteiger partial charge in [-0.2, -0.15) is 29.2 Å². The first-order chi connectivity index (χ1) is 9.05. The van der Waals surface area contributed by atoms with Gasteiger partial charge in [-0.15, -0.1) is 0 Å². The van der Waals surface area contributed by atoms with E-state index in [4.69, 9.17) is 0 Å². The molecule has 0 aromatic rings. The number of nitrogens with zero attached hydrogens (tertiary/aromatic N) is 1. The van der Waals surface area contributed by atoms with Gasteiger partial charge in [0.2, 0.25) is 0 Å². The highest BCUT2D eigenvalue weighted by atomic mass is 32.2. The second-order valence-corrected chi connectivity index (χ2v) is 8.38. The lowest BCUT2D eigenvalue weighted by atomic mass is 10.0. The normalized spacial score (nSPS) is 33.7. The van der Waals surface area contributed by atoms with E-state index in [0.29, 0.717) is 18.3 Å². The number of nitrogens with one attached hydrogen (secondary N) is 1. The molecule has 1 heterocycles. The first kappa shape index (κ1) is 15.6. The highest BCUT2D eigenvalue weighted by Gasteiger charge is 2.33. The molecule has 112 valence electrons. The van der Waals surface area contributed by atoms with Crippen molar-refractivity contribution >= 4 is 22.0 Å². The van der Waals surface area contributed by atoms with Crippen molar-refractivity contribution in [1.29, 1.82) is 0 Å². The van der Waals surface area contributed by atoms with Crippen LogP contribution in [0.25, 0.3) is 0 Å². The predicted octanol–water partition coefficient (Wildman–Crippen LogP) is 0.809. The molecule has 7 heteroatoms. The minimum atomic E-state index is -3.38. The standard InChI is InChI=1S/C12H24N2O3S2/c1-18-12-5-4-11(7-12)13-19(16,17)14-6-2-3-10(8-14)9-15/h10-13,15H,2-9H2,1H3. The summed E-state index contributed by atoms with van der Waals surface area (Å²) in [6, 6.07) is 0.0805. The summed E-state index contributed by atoms with van der Waals surface area (Å²) in [5, 5.41) is 9.76. The number of rotatable bonds is 5. The molecular formula is C12H24N2O3S2. The summed E-state index contributed by atoms with van der Waals surface area (Å²) < 4.78 is 29.0. The number of aliphatic hydroxyl groups excluding tert-OH is 1. The topological polar surface area (TPSA) is 69.6 Å². The lowest BCUT2D eigenvalue weighted by Crippen LogP contribution is -2.49. The van der Waals surface area contributed by atoms with Crippen LogP contribution < -0.4 is 4.72 Å². The number of hydrogen-bond donors (Lipinski definition) is 2. The fraction of sp³-hybridized carbons (Fsp3) is 1.00. The third-order valence-electron chi connectivity index (χ3n) is 4.11. The summed E-state index contributed by atoms with van der Waals surface area (Å²) in [5.41, 5.74) is 0. The molecule has 0 amide bonds. The molecule has 1 saturated carbocycles. The van der Waals surface area contributed by atoms with Gasteiger partial charge in [0.05, 0.1) is 0 Å². The van der Waals surface area contributed by atoms with Gasteiger partial charge < -0.3 is 5.11 Å². The molecule has 2 aliphatic rings. The smallest absolute Gasteiger partial charge is 0.279 e. The molecule has 1 saturated heterocycles. The molecule has 0 aromatic carbocycles. The zero-order chi connectivity index (χ0) is 13.9. The van der Waals surface area contributed by atoms with E-state index in [1.165, 1.54) is 4.31 Å². The third-order valence-corrected chi connectivity index (χ3v) is 6.85. The molecule has 1 aliphatic carbocycles. The summed E-state index contributed by atoms with van der Waals surface area (Å²) >= 11 is 1.82. The molecule has 0 aromatic heterocycles. The predicted molar refractivity (Wildman–Crippen MR) is 78.4 cm³/mol. The van der Waals surface area contributed by atoms with Crippen LogP contribution in [0.5, 0.6) is 0 Å². The van der Waals surface area contributed by atoms with E-state index in [1.54, 1.807) is 0 Å². The maximum atomic E-state index is 12.3. The van der Waals surface area contributed by atoms with Gasteiger partial charge in [0, 0.05) is 31.0 Å². The number of piperidine rings is 1. The second-order valence-electron chi connectivity index (χ2n) is 5.54. The highest BCUT2D eigenvalue weighted by Crippen LogP contribution is 2.29. The van der Waals surface area contributed by atoms with E-state index >= 15 is 0 Å². The molecule has 0 radical (unpaired) electrons. The number of hydrogen-bond acceptors (Lipinski definition) is 4. The van der Waals surface area contributed by atoms with Crippen LogP contribution in [0.15, 0.2) is 0 Å². The molecule has 19 heavy (non-hydrogen) atoms. The molecule has 2 rings (SSSR count). The van der Waals surface area contributed by atoms with E-state index in [1.807, 2.05) is 11.8 Å². The van der Waals surface area contributed by atoms with E-state index in [9.17, 15) is 13.5 Å². The van der Waals surface area contributed by atoms with Gasteiger partial charge in [0.1, 0.15) is 0 Å². The Morgan fingerprint density at radius 1 is 1.37 bits per heavy atom. The first-order valence-electron chi connectivity index (χ1n) is 6.96. The van der Waals surface area contributed by atoms with Crippen LogP contribution in [0.4, 0.5) is 0 Å². The van der Waals surface area contributed by atoms with Crippen molar-refractivity contribution in [3.8, 4) is 0 Å². The molecule has 3 unspecified atom stereocenters. The Morgan fingerprint density at radius 2 is 2.16 bits per heavy atom. The maximum absolute atomic E-state index is 12.3. The average Bonchev–Trinajstić information content (AvgIpc) is 2.85. The fourth-order valence-electron chi connectivity index (χ4n) is 2.94. The van der Waals surface area contributed by atoms with Gasteiger partial charge in [-0.1, -0.05) is 0 Å². The lowest BCUT2D eigenvalue weighted by Gasteiger charge is -2.31. The Labute approximate surface area is 120 Å². The summed E-state index contributed by atoms with van der Waals surface area (Å²) in [6.07, 6.45) is 6.79. The van der Waals surface area contributed by atoms with Crippen LogP contribution in [-0.4, -0.2) is 55.1 Å². The molecular weight excluding hydrogens is 284 g/mol. The SMILES string of the molecule is CSC1CCC(NS(=O)(=O)N2CCCC(CO)C2)C1. The third kappa shape index (κ3) is 4.07. The van der Waals surface area contributed by atoms with Crippen LogP contribution in [-0.2, 0) is 10.2 Å². The van der Waals surface area contributed by atoms with Crippen LogP contribution in [0, 0.1) is 5.92 Å². The van der Waals surface area contributed by atoms with Gasteiger partial charge in [-0.25, -0.2) is 0 Å². The Kier molecular flexibility index (Phi) is 5.54. The zero-order valence-electron chi connectivity index (χ0n) is 11.4. The van der Waals surface area contributed by atoms with E-state index in [0.717, 1.165) is 32.1 Å². The molecule has 5 nitrogen and oxygen atoms in total. The first-order valence-corrected chi connectivity index (χ1v) is 9.69. The quantitative estimate of drug-likeness (QED) is 0.788. The van der Waals surface area contributed by atoms with Crippen LogP contribution in [0.2, 0.25) is 0 Å². The number of thioether (sulfide) groups is 1. The molecule has 1 aliphatic heterocycles. The summed E-state index contributed by atoms with van der Waals surface area (Å²) in [6.45, 7) is 1.10. The zero-order valence-corrected chi connectivity index (χ0v) is 13.0. The van der Waals surface area contributed by atoms with E-state index in [-0.39, 0.29) is 18.6 Å². The Bertz CT molecular complexity index is 388. The molecule has 2 fully saturated rings. The minimum Gasteiger partial charge on any atom is -0.396 e. The van der Waals surface area contributed by atoms with Crippen molar-refractivity contribution < 1.29 is 13.5 Å². The lowest BCUT2D eigenvalue weighted by molar-refractivity contribution is 0.164. The summed E-state index contributed by atoms with van der Waals surface area (Å²) in [5.74, 6) is 0.0906. The van der Waals surface area contributed by atoms with Gasteiger partial charge in [0.15, 0.2) is 0 Å². The maximum Gasteiger partial charge on any atom is 0.279 e. The van der Waals surface area contributed by atoms with Crippen LogP contribution in [0.1, 0.15) is 32.1 Å². The van der Waals surface area contributed by atoms with E-state index in [2.05, 4.69) is 11.0 Å². The average molecular weight is 308 g/mol. The molecule has 0 spiro atoms. The monoisotopic (exact) mass is 308 g/mol. The fourth-order valence-corrected chi connectivity index (χ4v) is 5.30. The van der Waals surface area contributed by atoms with Crippen molar-refractivity contribution in [2.45, 2.75) is 43.4 Å². The Hall–Kier alpha value is 0.180. The summed E-state index contributed by atoms with van der Waals surface area (Å²) in [7, 11) is -3.38. The summed E-state index contributed by atoms with van der Waals surface area (Å²) in [4.78, 5) is 0. The highest BCUT2D eigenvalue weighted by molar-refractivity contribution is 7.99. The van der Waals surface area contributed by atoms with Crippen LogP contribution in [0.3, 0.4) is 0 Å². The minimum absolute atomic E-state index is 0.0734.